The van der Waals surface area contributed by atoms with E-state index < -0.39 is 0 Å². The van der Waals surface area contributed by atoms with Crippen molar-refractivity contribution in [2.75, 3.05) is 31.2 Å². The molecule has 5 heterocycles. The van der Waals surface area contributed by atoms with Crippen LogP contribution in [0.25, 0.3) is 27.8 Å². The van der Waals surface area contributed by atoms with Gasteiger partial charge in [0.05, 0.1) is 30.6 Å². The van der Waals surface area contributed by atoms with Gasteiger partial charge in [-0.3, -0.25) is 19.9 Å². The predicted molar refractivity (Wildman–Crippen MR) is 114 cm³/mol. The SMILES string of the molecule is C1=CN(c2nc(-c3ccc4cn[nH]c4c3)cn3ccnc23)C(N2CCOCC2)N=C1. The molecule has 150 valence electrons. The number of H-pyrrole nitrogens is 1. The molecule has 0 radical (unpaired) electrons. The molecule has 1 fully saturated rings. The van der Waals surface area contributed by atoms with Crippen molar-refractivity contribution in [3.8, 4) is 11.3 Å². The van der Waals surface area contributed by atoms with Gasteiger partial charge in [0.15, 0.2) is 17.8 Å². The van der Waals surface area contributed by atoms with E-state index in [0.717, 1.165) is 46.7 Å². The average molecular weight is 400 g/mol. The molecule has 30 heavy (non-hydrogen) atoms. The van der Waals surface area contributed by atoms with Crippen LogP contribution < -0.4 is 4.90 Å². The highest BCUT2D eigenvalue weighted by Crippen LogP contribution is 2.29. The molecule has 1 N–H and O–H groups in total. The highest BCUT2D eigenvalue weighted by Gasteiger charge is 2.29. The van der Waals surface area contributed by atoms with Crippen molar-refractivity contribution in [1.82, 2.24) is 29.5 Å². The number of anilines is 1. The lowest BCUT2D eigenvalue weighted by molar-refractivity contribution is 0.0193. The maximum Gasteiger partial charge on any atom is 0.183 e. The zero-order valence-corrected chi connectivity index (χ0v) is 16.2. The first-order valence-electron chi connectivity index (χ1n) is 9.94. The normalized spacial score (nSPS) is 19.9. The van der Waals surface area contributed by atoms with Gasteiger partial charge in [0.25, 0.3) is 0 Å². The van der Waals surface area contributed by atoms with Crippen LogP contribution in [0.2, 0.25) is 0 Å². The number of nitrogens with zero attached hydrogens (tertiary/aromatic N) is 7. The number of aliphatic imine (C=N–C) groups is 1. The van der Waals surface area contributed by atoms with E-state index in [4.69, 9.17) is 14.7 Å². The third-order valence-electron chi connectivity index (χ3n) is 5.51. The van der Waals surface area contributed by atoms with E-state index in [1.807, 2.05) is 41.5 Å². The second-order valence-electron chi connectivity index (χ2n) is 7.32. The van der Waals surface area contributed by atoms with Crippen LogP contribution in [-0.2, 0) is 4.74 Å². The summed E-state index contributed by atoms with van der Waals surface area (Å²) in [5.74, 6) is 0.770. The van der Waals surface area contributed by atoms with Gasteiger partial charge in [-0.2, -0.15) is 5.10 Å². The van der Waals surface area contributed by atoms with Gasteiger partial charge in [-0.15, -0.1) is 0 Å². The summed E-state index contributed by atoms with van der Waals surface area (Å²) in [5, 5.41) is 8.23. The van der Waals surface area contributed by atoms with Gasteiger partial charge in [-0.25, -0.2) is 9.97 Å². The first-order valence-corrected chi connectivity index (χ1v) is 9.94. The lowest BCUT2D eigenvalue weighted by Gasteiger charge is -2.38. The number of fused-ring (bicyclic) bond motifs is 2. The number of hydrogen-bond donors (Lipinski definition) is 1. The lowest BCUT2D eigenvalue weighted by atomic mass is 10.1. The number of aromatic amines is 1. The molecule has 0 amide bonds. The number of ether oxygens (including phenoxy) is 1. The molecule has 2 aliphatic heterocycles. The number of morpholine rings is 1. The summed E-state index contributed by atoms with van der Waals surface area (Å²) in [6, 6.07) is 6.19. The minimum atomic E-state index is -0.169. The van der Waals surface area contributed by atoms with Crippen LogP contribution in [0.3, 0.4) is 0 Å². The smallest absolute Gasteiger partial charge is 0.183 e. The van der Waals surface area contributed by atoms with Crippen LogP contribution in [-0.4, -0.2) is 68.3 Å². The molecular formula is C21H20N8O. The second kappa shape index (κ2) is 7.05. The summed E-state index contributed by atoms with van der Waals surface area (Å²) in [4.78, 5) is 18.7. The van der Waals surface area contributed by atoms with Crippen LogP contribution >= 0.6 is 0 Å². The van der Waals surface area contributed by atoms with E-state index in [9.17, 15) is 0 Å². The van der Waals surface area contributed by atoms with Gasteiger partial charge < -0.3 is 9.14 Å². The number of allylic oxidation sites excluding steroid dienone is 1. The van der Waals surface area contributed by atoms with Gasteiger partial charge in [0, 0.05) is 55.0 Å². The van der Waals surface area contributed by atoms with Crippen molar-refractivity contribution < 1.29 is 4.74 Å². The zero-order valence-electron chi connectivity index (χ0n) is 16.2. The molecule has 4 aromatic rings. The molecule has 1 atom stereocenters. The highest BCUT2D eigenvalue weighted by molar-refractivity contribution is 5.84. The molecule has 9 nitrogen and oxygen atoms in total. The van der Waals surface area contributed by atoms with Gasteiger partial charge in [-0.1, -0.05) is 12.1 Å². The summed E-state index contributed by atoms with van der Waals surface area (Å²) >= 11 is 0. The molecule has 1 aromatic carbocycles. The minimum Gasteiger partial charge on any atom is -0.379 e. The van der Waals surface area contributed by atoms with Gasteiger partial charge in [-0.05, 0) is 12.1 Å². The van der Waals surface area contributed by atoms with Crippen LogP contribution in [0.4, 0.5) is 5.82 Å². The fourth-order valence-electron chi connectivity index (χ4n) is 3.99. The second-order valence-corrected chi connectivity index (χ2v) is 7.32. The molecule has 3 aromatic heterocycles. The van der Waals surface area contributed by atoms with E-state index in [-0.39, 0.29) is 6.29 Å². The molecule has 2 aliphatic rings. The van der Waals surface area contributed by atoms with Gasteiger partial charge in [0.1, 0.15) is 0 Å². The van der Waals surface area contributed by atoms with Crippen molar-refractivity contribution in [3.05, 3.63) is 55.3 Å². The monoisotopic (exact) mass is 400 g/mol. The number of nitrogens with one attached hydrogen (secondary N) is 1. The highest BCUT2D eigenvalue weighted by atomic mass is 16.5. The largest absolute Gasteiger partial charge is 0.379 e. The standard InChI is InChI=1S/C21H20N8O/c1-4-23-21(27-8-10-30-11-9-27)29(6-1)20-19-22-5-7-28(19)14-18(25-20)15-2-3-16-13-24-26-17(16)12-15/h1-7,12-14,21H,8-11H2,(H,24,26). The lowest BCUT2D eigenvalue weighted by Crippen LogP contribution is -2.51. The zero-order chi connectivity index (χ0) is 19.9. The van der Waals surface area contributed by atoms with Crippen molar-refractivity contribution in [1.29, 1.82) is 0 Å². The number of rotatable bonds is 3. The summed E-state index contributed by atoms with van der Waals surface area (Å²) in [6.07, 6.45) is 13.2. The topological polar surface area (TPSA) is 86.9 Å². The third kappa shape index (κ3) is 2.87. The number of aromatic nitrogens is 5. The summed E-state index contributed by atoms with van der Waals surface area (Å²) in [6.45, 7) is 3.07. The van der Waals surface area contributed by atoms with Gasteiger partial charge in [0.2, 0.25) is 0 Å². The molecular weight excluding hydrogens is 380 g/mol. The average Bonchev–Trinajstić information content (AvgIpc) is 3.48. The Balaban J connectivity index is 1.47. The number of benzene rings is 1. The fourth-order valence-corrected chi connectivity index (χ4v) is 3.99. The van der Waals surface area contributed by atoms with Crippen molar-refractivity contribution in [2.45, 2.75) is 6.29 Å². The Kier molecular flexibility index (Phi) is 4.07. The van der Waals surface area contributed by atoms with E-state index in [2.05, 4.69) is 43.2 Å². The fraction of sp³-hybridized carbons (Fsp3) is 0.238. The van der Waals surface area contributed by atoms with E-state index in [0.29, 0.717) is 13.2 Å². The third-order valence-corrected chi connectivity index (χ3v) is 5.51. The molecule has 6 rings (SSSR count). The molecule has 0 aliphatic carbocycles. The number of imidazole rings is 1. The van der Waals surface area contributed by atoms with Crippen LogP contribution in [0.15, 0.2) is 60.3 Å². The Bertz CT molecular complexity index is 1270. The Morgan fingerprint density at radius 2 is 2.10 bits per heavy atom. The maximum absolute atomic E-state index is 5.52. The molecule has 1 saturated heterocycles. The summed E-state index contributed by atoms with van der Waals surface area (Å²) < 4.78 is 7.54. The maximum atomic E-state index is 5.52. The molecule has 1 unspecified atom stereocenters. The Morgan fingerprint density at radius 3 is 3.03 bits per heavy atom. The van der Waals surface area contributed by atoms with Crippen LogP contribution in [0.5, 0.6) is 0 Å². The minimum absolute atomic E-state index is 0.169. The quantitative estimate of drug-likeness (QED) is 0.568. The predicted octanol–water partition coefficient (Wildman–Crippen LogP) is 2.29. The molecule has 0 spiro atoms. The molecule has 0 saturated carbocycles. The van der Waals surface area contributed by atoms with Crippen molar-refractivity contribution in [3.63, 3.8) is 0 Å². The first-order chi connectivity index (χ1) is 14.9. The van der Waals surface area contributed by atoms with Crippen molar-refractivity contribution in [2.24, 2.45) is 4.99 Å². The van der Waals surface area contributed by atoms with Crippen LogP contribution in [0.1, 0.15) is 0 Å². The first kappa shape index (κ1) is 17.3. The summed E-state index contributed by atoms with van der Waals surface area (Å²) in [7, 11) is 0. The van der Waals surface area contributed by atoms with E-state index in [1.165, 1.54) is 0 Å². The Morgan fingerprint density at radius 1 is 1.17 bits per heavy atom. The number of hydrogen-bond acceptors (Lipinski definition) is 7. The van der Waals surface area contributed by atoms with E-state index >= 15 is 0 Å². The Labute approximate surface area is 172 Å². The van der Waals surface area contributed by atoms with Crippen LogP contribution in [0, 0.1) is 0 Å². The van der Waals surface area contributed by atoms with Crippen molar-refractivity contribution >= 4 is 28.6 Å². The van der Waals surface area contributed by atoms with E-state index in [1.54, 1.807) is 6.20 Å². The Hall–Kier alpha value is -3.56. The summed E-state index contributed by atoms with van der Waals surface area (Å²) in [5.41, 5.74) is 3.64. The molecule has 9 heteroatoms. The van der Waals surface area contributed by atoms with Gasteiger partial charge >= 0.3 is 0 Å². The molecule has 0 bridgehead atoms.